The molecule has 15 heavy (non-hydrogen) atoms. The fourth-order valence-electron chi connectivity index (χ4n) is 1.59. The molecule has 0 aliphatic carbocycles. The molecule has 0 aromatic heterocycles. The number of unbranched alkanes of at least 4 members (excludes halogenated alkanes) is 2. The SMILES string of the molecule is CCCCCNc1ccc(C(C)C)cc1. The molecule has 1 aromatic carbocycles. The molecule has 1 rings (SSSR count). The first-order valence-corrected chi connectivity index (χ1v) is 6.08. The van der Waals surface area contributed by atoms with Crippen LogP contribution >= 0.6 is 0 Å². The van der Waals surface area contributed by atoms with Gasteiger partial charge in [-0.15, -0.1) is 0 Å². The van der Waals surface area contributed by atoms with E-state index in [4.69, 9.17) is 0 Å². The molecular formula is C14H23N. The van der Waals surface area contributed by atoms with Crippen LogP contribution in [-0.4, -0.2) is 6.54 Å². The Hall–Kier alpha value is -0.980. The van der Waals surface area contributed by atoms with Gasteiger partial charge in [-0.25, -0.2) is 0 Å². The van der Waals surface area contributed by atoms with E-state index >= 15 is 0 Å². The summed E-state index contributed by atoms with van der Waals surface area (Å²) in [6.07, 6.45) is 3.87. The summed E-state index contributed by atoms with van der Waals surface area (Å²) in [5.74, 6) is 0.624. The lowest BCUT2D eigenvalue weighted by atomic mass is 10.0. The highest BCUT2D eigenvalue weighted by molar-refractivity contribution is 5.44. The van der Waals surface area contributed by atoms with Crippen molar-refractivity contribution >= 4 is 5.69 Å². The smallest absolute Gasteiger partial charge is 0.0340 e. The molecule has 1 aromatic rings. The van der Waals surface area contributed by atoms with Crippen LogP contribution in [0, 0.1) is 0 Å². The van der Waals surface area contributed by atoms with Crippen molar-refractivity contribution in [3.8, 4) is 0 Å². The molecule has 1 heteroatoms. The molecule has 0 radical (unpaired) electrons. The Morgan fingerprint density at radius 3 is 2.27 bits per heavy atom. The Morgan fingerprint density at radius 1 is 1.07 bits per heavy atom. The van der Waals surface area contributed by atoms with Gasteiger partial charge in [-0.2, -0.15) is 0 Å². The lowest BCUT2D eigenvalue weighted by Crippen LogP contribution is -2.01. The average molecular weight is 205 g/mol. The van der Waals surface area contributed by atoms with Gasteiger partial charge in [0, 0.05) is 12.2 Å². The summed E-state index contributed by atoms with van der Waals surface area (Å²) in [5.41, 5.74) is 2.66. The zero-order valence-corrected chi connectivity index (χ0v) is 10.2. The van der Waals surface area contributed by atoms with Gasteiger partial charge in [0.15, 0.2) is 0 Å². The van der Waals surface area contributed by atoms with Crippen LogP contribution in [0.1, 0.15) is 51.5 Å². The van der Waals surface area contributed by atoms with Gasteiger partial charge in [0.2, 0.25) is 0 Å². The molecule has 84 valence electrons. The Balaban J connectivity index is 2.36. The van der Waals surface area contributed by atoms with Crippen LogP contribution in [0.3, 0.4) is 0 Å². The van der Waals surface area contributed by atoms with E-state index < -0.39 is 0 Å². The summed E-state index contributed by atoms with van der Waals surface area (Å²) in [6, 6.07) is 8.79. The normalized spacial score (nSPS) is 10.7. The fourth-order valence-corrected chi connectivity index (χ4v) is 1.59. The van der Waals surface area contributed by atoms with E-state index in [-0.39, 0.29) is 0 Å². The Kier molecular flexibility index (Phi) is 5.23. The van der Waals surface area contributed by atoms with Crippen molar-refractivity contribution in [1.29, 1.82) is 0 Å². The van der Waals surface area contributed by atoms with E-state index in [0.717, 1.165) is 6.54 Å². The second-order valence-electron chi connectivity index (χ2n) is 4.41. The standard InChI is InChI=1S/C14H23N/c1-4-5-6-11-15-14-9-7-13(8-10-14)12(2)3/h7-10,12,15H,4-6,11H2,1-3H3. The second kappa shape index (κ2) is 6.49. The summed E-state index contributed by atoms with van der Waals surface area (Å²) in [4.78, 5) is 0. The lowest BCUT2D eigenvalue weighted by molar-refractivity contribution is 0.743. The van der Waals surface area contributed by atoms with Crippen molar-refractivity contribution in [3.63, 3.8) is 0 Å². The molecule has 0 amide bonds. The van der Waals surface area contributed by atoms with Crippen molar-refractivity contribution in [3.05, 3.63) is 29.8 Å². The van der Waals surface area contributed by atoms with E-state index in [2.05, 4.69) is 50.4 Å². The number of nitrogens with one attached hydrogen (secondary N) is 1. The summed E-state index contributed by atoms with van der Waals surface area (Å²) >= 11 is 0. The Morgan fingerprint density at radius 2 is 1.73 bits per heavy atom. The molecular weight excluding hydrogens is 182 g/mol. The first kappa shape index (κ1) is 12.1. The predicted molar refractivity (Wildman–Crippen MR) is 68.5 cm³/mol. The first-order chi connectivity index (χ1) is 7.24. The molecule has 0 spiro atoms. The minimum absolute atomic E-state index is 0.624. The van der Waals surface area contributed by atoms with Gasteiger partial charge in [-0.1, -0.05) is 45.7 Å². The van der Waals surface area contributed by atoms with Crippen LogP contribution in [0.5, 0.6) is 0 Å². The number of anilines is 1. The van der Waals surface area contributed by atoms with Gasteiger partial charge in [-0.3, -0.25) is 0 Å². The maximum atomic E-state index is 3.45. The monoisotopic (exact) mass is 205 g/mol. The van der Waals surface area contributed by atoms with Gasteiger partial charge in [-0.05, 0) is 30.0 Å². The van der Waals surface area contributed by atoms with Crippen molar-refractivity contribution < 1.29 is 0 Å². The van der Waals surface area contributed by atoms with Crippen molar-refractivity contribution in [2.24, 2.45) is 0 Å². The molecule has 0 unspecified atom stereocenters. The number of hydrogen-bond acceptors (Lipinski definition) is 1. The molecule has 0 saturated carbocycles. The van der Waals surface area contributed by atoms with Crippen LogP contribution in [0.25, 0.3) is 0 Å². The van der Waals surface area contributed by atoms with E-state index in [1.54, 1.807) is 0 Å². The van der Waals surface area contributed by atoms with E-state index in [1.165, 1.54) is 30.5 Å². The highest BCUT2D eigenvalue weighted by atomic mass is 14.9. The van der Waals surface area contributed by atoms with E-state index in [0.29, 0.717) is 5.92 Å². The molecule has 0 heterocycles. The molecule has 1 N–H and O–H groups in total. The summed E-state index contributed by atoms with van der Waals surface area (Å²) in [7, 11) is 0. The Labute approximate surface area is 93.9 Å². The van der Waals surface area contributed by atoms with Crippen LogP contribution < -0.4 is 5.32 Å². The van der Waals surface area contributed by atoms with Crippen molar-refractivity contribution in [1.82, 2.24) is 0 Å². The molecule has 1 nitrogen and oxygen atoms in total. The summed E-state index contributed by atoms with van der Waals surface area (Å²) < 4.78 is 0. The minimum atomic E-state index is 0.624. The second-order valence-corrected chi connectivity index (χ2v) is 4.41. The zero-order chi connectivity index (χ0) is 11.1. The van der Waals surface area contributed by atoms with Crippen molar-refractivity contribution in [2.75, 3.05) is 11.9 Å². The molecule has 0 aliphatic heterocycles. The van der Waals surface area contributed by atoms with Crippen molar-refractivity contribution in [2.45, 2.75) is 46.0 Å². The summed E-state index contributed by atoms with van der Waals surface area (Å²) in [6.45, 7) is 7.78. The van der Waals surface area contributed by atoms with Gasteiger partial charge in [0.1, 0.15) is 0 Å². The molecule has 0 bridgehead atoms. The van der Waals surface area contributed by atoms with Crippen LogP contribution in [0.4, 0.5) is 5.69 Å². The number of hydrogen-bond donors (Lipinski definition) is 1. The quantitative estimate of drug-likeness (QED) is 0.678. The highest BCUT2D eigenvalue weighted by Gasteiger charge is 1.97. The third-order valence-electron chi connectivity index (χ3n) is 2.69. The van der Waals surface area contributed by atoms with Gasteiger partial charge in [0.05, 0.1) is 0 Å². The third kappa shape index (κ3) is 4.37. The molecule has 0 atom stereocenters. The van der Waals surface area contributed by atoms with E-state index in [9.17, 15) is 0 Å². The lowest BCUT2D eigenvalue weighted by Gasteiger charge is -2.08. The zero-order valence-electron chi connectivity index (χ0n) is 10.2. The third-order valence-corrected chi connectivity index (χ3v) is 2.69. The maximum Gasteiger partial charge on any atom is 0.0340 e. The van der Waals surface area contributed by atoms with Crippen LogP contribution in [-0.2, 0) is 0 Å². The average Bonchev–Trinajstić information content (AvgIpc) is 2.25. The maximum absolute atomic E-state index is 3.45. The van der Waals surface area contributed by atoms with Gasteiger partial charge < -0.3 is 5.32 Å². The fraction of sp³-hybridized carbons (Fsp3) is 0.571. The highest BCUT2D eigenvalue weighted by Crippen LogP contribution is 2.17. The van der Waals surface area contributed by atoms with Gasteiger partial charge in [0.25, 0.3) is 0 Å². The van der Waals surface area contributed by atoms with Crippen LogP contribution in [0.15, 0.2) is 24.3 Å². The first-order valence-electron chi connectivity index (χ1n) is 6.08. The number of rotatable bonds is 6. The van der Waals surface area contributed by atoms with Crippen LogP contribution in [0.2, 0.25) is 0 Å². The number of benzene rings is 1. The van der Waals surface area contributed by atoms with E-state index in [1.807, 2.05) is 0 Å². The predicted octanol–water partition coefficient (Wildman–Crippen LogP) is 4.41. The topological polar surface area (TPSA) is 12.0 Å². The molecule has 0 saturated heterocycles. The molecule has 0 fully saturated rings. The molecule has 0 aliphatic rings. The van der Waals surface area contributed by atoms with Gasteiger partial charge >= 0.3 is 0 Å². The minimum Gasteiger partial charge on any atom is -0.385 e. The summed E-state index contributed by atoms with van der Waals surface area (Å²) in [5, 5.41) is 3.45. The Bertz CT molecular complexity index is 261. The largest absolute Gasteiger partial charge is 0.385 e.